The van der Waals surface area contributed by atoms with Gasteiger partial charge in [0, 0.05) is 11.6 Å². The van der Waals surface area contributed by atoms with Crippen molar-refractivity contribution < 1.29 is 27.0 Å². The summed E-state index contributed by atoms with van der Waals surface area (Å²) < 4.78 is 60.4. The normalized spacial score (nSPS) is 11.1. The van der Waals surface area contributed by atoms with Crippen LogP contribution in [0, 0.1) is 17.1 Å². The first-order chi connectivity index (χ1) is 13.2. The highest BCUT2D eigenvalue weighted by atomic mass is 35.5. The Hall–Kier alpha value is -3.32. The summed E-state index contributed by atoms with van der Waals surface area (Å²) in [7, 11) is 0. The summed E-state index contributed by atoms with van der Waals surface area (Å²) in [5.41, 5.74) is 0.744. The lowest BCUT2D eigenvalue weighted by molar-refractivity contribution is -0.274. The van der Waals surface area contributed by atoms with Crippen LogP contribution in [0.4, 0.5) is 17.6 Å². The number of rotatable bonds is 5. The quantitative estimate of drug-likeness (QED) is 0.618. The molecule has 0 spiro atoms. The Bertz CT molecular complexity index is 1050. The fourth-order valence-electron chi connectivity index (χ4n) is 2.30. The first kappa shape index (κ1) is 19.4. The third-order valence-corrected chi connectivity index (χ3v) is 3.74. The summed E-state index contributed by atoms with van der Waals surface area (Å²) in [6.07, 6.45) is -4.89. The Morgan fingerprint density at radius 3 is 2.68 bits per heavy atom. The van der Waals surface area contributed by atoms with Gasteiger partial charge in [-0.15, -0.1) is 18.3 Å². The second-order valence-electron chi connectivity index (χ2n) is 5.42. The van der Waals surface area contributed by atoms with Gasteiger partial charge in [0.05, 0.1) is 5.02 Å². The maximum Gasteiger partial charge on any atom is 0.573 e. The van der Waals surface area contributed by atoms with Crippen molar-refractivity contribution in [2.24, 2.45) is 0 Å². The van der Waals surface area contributed by atoms with Crippen LogP contribution in [0.2, 0.25) is 5.02 Å². The fraction of sp³-hybridized carbons (Fsp3) is 0.118. The monoisotopic (exact) mass is 412 g/mol. The van der Waals surface area contributed by atoms with E-state index >= 15 is 0 Å². The van der Waals surface area contributed by atoms with Gasteiger partial charge in [0.25, 0.3) is 0 Å². The minimum absolute atomic E-state index is 0.0446. The number of nitrogens with one attached hydrogen (secondary N) is 1. The van der Waals surface area contributed by atoms with Crippen molar-refractivity contribution in [3.63, 3.8) is 0 Å². The van der Waals surface area contributed by atoms with E-state index in [1.165, 1.54) is 18.2 Å². The molecule has 0 aliphatic heterocycles. The third-order valence-electron chi connectivity index (χ3n) is 3.43. The Labute approximate surface area is 160 Å². The first-order valence-corrected chi connectivity index (χ1v) is 7.92. The number of nitriles is 1. The second-order valence-corrected chi connectivity index (χ2v) is 5.83. The van der Waals surface area contributed by atoms with Gasteiger partial charge in [-0.1, -0.05) is 22.9 Å². The van der Waals surface area contributed by atoms with Crippen LogP contribution >= 0.6 is 11.6 Å². The number of ether oxygens (including phenoxy) is 2. The average molecular weight is 413 g/mol. The minimum atomic E-state index is -4.89. The van der Waals surface area contributed by atoms with Gasteiger partial charge in [0.1, 0.15) is 35.7 Å². The number of aromatic nitrogens is 3. The lowest BCUT2D eigenvalue weighted by atomic mass is 10.1. The van der Waals surface area contributed by atoms with Gasteiger partial charge in [-0.25, -0.2) is 9.49 Å². The lowest BCUT2D eigenvalue weighted by Crippen LogP contribution is -2.17. The fourth-order valence-corrected chi connectivity index (χ4v) is 2.45. The van der Waals surface area contributed by atoms with Crippen molar-refractivity contribution in [3.05, 3.63) is 58.5 Å². The number of hydrogen-bond acceptors (Lipinski definition) is 5. The molecule has 0 amide bonds. The van der Waals surface area contributed by atoms with Gasteiger partial charge in [0.15, 0.2) is 5.69 Å². The van der Waals surface area contributed by atoms with Crippen LogP contribution in [-0.4, -0.2) is 21.8 Å². The first-order valence-electron chi connectivity index (χ1n) is 7.54. The van der Waals surface area contributed by atoms with Gasteiger partial charge in [0.2, 0.25) is 0 Å². The Balaban J connectivity index is 1.80. The van der Waals surface area contributed by atoms with Gasteiger partial charge in [-0.2, -0.15) is 5.26 Å². The number of nitrogens with zero attached hydrogens (tertiary/aromatic N) is 3. The molecule has 11 heteroatoms. The number of alkyl halides is 3. The van der Waals surface area contributed by atoms with Crippen LogP contribution in [-0.2, 0) is 6.61 Å². The highest BCUT2D eigenvalue weighted by Gasteiger charge is 2.32. The van der Waals surface area contributed by atoms with Gasteiger partial charge in [-0.05, 0) is 29.8 Å². The zero-order chi connectivity index (χ0) is 20.3. The van der Waals surface area contributed by atoms with E-state index in [9.17, 15) is 17.6 Å². The Morgan fingerprint density at radius 2 is 1.96 bits per heavy atom. The topological polar surface area (TPSA) is 83.8 Å². The van der Waals surface area contributed by atoms with Crippen molar-refractivity contribution in [2.45, 2.75) is 13.0 Å². The number of benzene rings is 2. The summed E-state index contributed by atoms with van der Waals surface area (Å²) in [5, 5.41) is 18.4. The van der Waals surface area contributed by atoms with Gasteiger partial charge >= 0.3 is 6.36 Å². The molecule has 0 bridgehead atoms. The number of halogens is 5. The van der Waals surface area contributed by atoms with Gasteiger partial charge < -0.3 is 9.47 Å². The zero-order valence-corrected chi connectivity index (χ0v) is 14.5. The molecule has 1 N–H and O–H groups in total. The molecular weight excluding hydrogens is 404 g/mol. The van der Waals surface area contributed by atoms with Crippen molar-refractivity contribution >= 4 is 11.6 Å². The van der Waals surface area contributed by atoms with Gasteiger partial charge in [-0.3, -0.25) is 0 Å². The predicted molar refractivity (Wildman–Crippen MR) is 89.0 cm³/mol. The number of hydrogen-bond donors (Lipinski definition) is 1. The molecule has 1 aromatic heterocycles. The maximum atomic E-state index is 13.9. The van der Waals surface area contributed by atoms with Crippen LogP contribution in [0.25, 0.3) is 11.3 Å². The van der Waals surface area contributed by atoms with Crippen LogP contribution < -0.4 is 9.47 Å². The second kappa shape index (κ2) is 7.74. The SMILES string of the molecule is N#Cc1[nH]nnc1-c1cc(F)cc(OCc2ccc(Cl)c(OC(F)(F)F)c2)c1. The molecule has 6 nitrogen and oxygen atoms in total. The molecule has 144 valence electrons. The third kappa shape index (κ3) is 4.69. The van der Waals surface area contributed by atoms with Crippen LogP contribution in [0.15, 0.2) is 36.4 Å². The molecule has 0 radical (unpaired) electrons. The molecule has 0 atom stereocenters. The summed E-state index contributed by atoms with van der Waals surface area (Å²) >= 11 is 5.69. The smallest absolute Gasteiger partial charge is 0.489 e. The summed E-state index contributed by atoms with van der Waals surface area (Å²) in [5.74, 6) is -1.15. The maximum absolute atomic E-state index is 13.9. The summed E-state index contributed by atoms with van der Waals surface area (Å²) in [6, 6.07) is 9.23. The van der Waals surface area contributed by atoms with Crippen molar-refractivity contribution in [3.8, 4) is 28.8 Å². The molecular formula is C17H9ClF4N4O2. The molecule has 1 heterocycles. The number of H-pyrrole nitrogens is 1. The van der Waals surface area contributed by atoms with Crippen molar-refractivity contribution in [1.82, 2.24) is 15.4 Å². The van der Waals surface area contributed by atoms with E-state index in [1.807, 2.05) is 6.07 Å². The molecule has 28 heavy (non-hydrogen) atoms. The van der Waals surface area contributed by atoms with Crippen LogP contribution in [0.1, 0.15) is 11.3 Å². The standard InChI is InChI=1S/C17H9ClF4N4O2/c18-13-2-1-9(3-15(13)28-17(20,21)22)8-27-12-5-10(4-11(19)6-12)16-14(7-23)24-26-25-16/h1-6H,8H2,(H,24,25,26). The summed E-state index contributed by atoms with van der Waals surface area (Å²) in [4.78, 5) is 0. The molecule has 0 aliphatic rings. The van der Waals surface area contributed by atoms with Crippen LogP contribution in [0.3, 0.4) is 0 Å². The molecule has 3 aromatic rings. The Kier molecular flexibility index (Phi) is 5.37. The molecule has 0 unspecified atom stereocenters. The van der Waals surface area contributed by atoms with E-state index in [1.54, 1.807) is 0 Å². The van der Waals surface area contributed by atoms with E-state index in [2.05, 4.69) is 20.1 Å². The molecule has 0 aliphatic carbocycles. The highest BCUT2D eigenvalue weighted by molar-refractivity contribution is 6.32. The molecule has 2 aromatic carbocycles. The number of aromatic amines is 1. The minimum Gasteiger partial charge on any atom is -0.489 e. The molecule has 0 fully saturated rings. The van der Waals surface area contributed by atoms with E-state index in [-0.39, 0.29) is 34.3 Å². The van der Waals surface area contributed by atoms with Crippen LogP contribution in [0.5, 0.6) is 11.5 Å². The lowest BCUT2D eigenvalue weighted by Gasteiger charge is -2.12. The molecule has 0 saturated heterocycles. The molecule has 3 rings (SSSR count). The van der Waals surface area contributed by atoms with E-state index < -0.39 is 17.9 Å². The summed E-state index contributed by atoms with van der Waals surface area (Å²) in [6.45, 7) is -0.182. The Morgan fingerprint density at radius 1 is 1.18 bits per heavy atom. The van der Waals surface area contributed by atoms with E-state index in [0.717, 1.165) is 18.2 Å². The van der Waals surface area contributed by atoms with E-state index in [4.69, 9.17) is 21.6 Å². The van der Waals surface area contributed by atoms with E-state index in [0.29, 0.717) is 5.56 Å². The highest BCUT2D eigenvalue weighted by Crippen LogP contribution is 2.32. The van der Waals surface area contributed by atoms with Crippen molar-refractivity contribution in [1.29, 1.82) is 5.26 Å². The van der Waals surface area contributed by atoms with Crippen molar-refractivity contribution in [2.75, 3.05) is 0 Å². The zero-order valence-electron chi connectivity index (χ0n) is 13.7. The average Bonchev–Trinajstić information content (AvgIpc) is 3.09. The largest absolute Gasteiger partial charge is 0.573 e. The predicted octanol–water partition coefficient (Wildman–Crippen LogP) is 4.61. The molecule has 0 saturated carbocycles.